The normalized spacial score (nSPS) is 22.6. The average Bonchev–Trinajstić information content (AvgIpc) is 1.52. The van der Waals surface area contributed by atoms with Crippen LogP contribution in [0.25, 0.3) is 0 Å². The van der Waals surface area contributed by atoms with Crippen LogP contribution in [0.5, 0.6) is 0 Å². The van der Waals surface area contributed by atoms with Crippen molar-refractivity contribution in [3.8, 4) is 0 Å². The molecule has 0 spiro atoms. The molecule has 0 bridgehead atoms. The zero-order chi connectivity index (χ0) is 17.9. The molecular formula is H10Mo4O17. The maximum absolute atomic E-state index is 11.5. The molecule has 0 aliphatic heterocycles. The summed E-state index contributed by atoms with van der Waals surface area (Å²) in [6.07, 6.45) is 0. The zero-order valence-corrected chi connectivity index (χ0v) is 17.0. The summed E-state index contributed by atoms with van der Waals surface area (Å²) in [6, 6.07) is 0. The fourth-order valence-corrected chi connectivity index (χ4v) is 27.9. The minimum atomic E-state index is -9.39. The molecule has 21 heavy (non-hydrogen) atoms. The minimum absolute atomic E-state index is 2.67. The molecule has 0 rings (SSSR count). The van der Waals surface area contributed by atoms with Crippen molar-refractivity contribution in [2.24, 2.45) is 0 Å². The molecule has 0 heterocycles. The summed E-state index contributed by atoms with van der Waals surface area (Å²) in [5.74, 6) is 0. The van der Waals surface area contributed by atoms with Crippen LogP contribution in [0.1, 0.15) is 0 Å². The van der Waals surface area contributed by atoms with Crippen LogP contribution in [0.4, 0.5) is 0 Å². The molecule has 0 aliphatic rings. The molecule has 0 radical (unpaired) electrons. The first-order chi connectivity index (χ1) is 8.16. The zero-order valence-electron chi connectivity index (χ0n) is 8.96. The first kappa shape index (κ1) is 22.4. The van der Waals surface area contributed by atoms with Gasteiger partial charge in [-0.25, -0.2) is 0 Å². The van der Waals surface area contributed by atoms with E-state index in [2.05, 4.69) is 6.13 Å². The quantitative estimate of drug-likeness (QED) is 0.118. The Bertz CT molecular complexity index is 584. The van der Waals surface area contributed by atoms with Crippen molar-refractivity contribution in [1.82, 2.24) is 0 Å². The van der Waals surface area contributed by atoms with Gasteiger partial charge in [0.1, 0.15) is 0 Å². The van der Waals surface area contributed by atoms with E-state index < -0.39 is 65.2 Å². The first-order valence-corrected chi connectivity index (χ1v) is 20.7. The molecule has 17 nitrogen and oxygen atoms in total. The number of rotatable bonds is 6. The van der Waals surface area contributed by atoms with E-state index in [1.807, 2.05) is 0 Å². The van der Waals surface area contributed by atoms with Gasteiger partial charge in [-0.2, -0.15) is 0 Å². The molecule has 0 aromatic rings. The Hall–Kier alpha value is 1.43. The van der Waals surface area contributed by atoms with Crippen LogP contribution in [-0.2, 0) is 84.9 Å². The van der Waals surface area contributed by atoms with Gasteiger partial charge in [0.25, 0.3) is 0 Å². The predicted molar refractivity (Wildman–Crippen MR) is 28.2 cm³/mol. The van der Waals surface area contributed by atoms with Gasteiger partial charge in [0.05, 0.1) is 0 Å². The molecule has 0 atom stereocenters. The van der Waals surface area contributed by atoms with E-state index >= 15 is 0 Å². The molecule has 0 unspecified atom stereocenters. The first-order valence-electron chi connectivity index (χ1n) is 3.49. The van der Waals surface area contributed by atoms with Gasteiger partial charge in [-0.3, -0.25) is 0 Å². The second-order valence-electron chi connectivity index (χ2n) is 3.19. The van der Waals surface area contributed by atoms with Crippen molar-refractivity contribution in [3.63, 3.8) is 0 Å². The molecule has 0 aromatic heterocycles. The van der Waals surface area contributed by atoms with Gasteiger partial charge in [-0.1, -0.05) is 0 Å². The third kappa shape index (κ3) is 12.5. The average molecular weight is 666 g/mol. The molecule has 136 valence electrons. The van der Waals surface area contributed by atoms with E-state index in [-0.39, 0.29) is 0 Å². The standard InChI is InChI=1S/4Mo.10H2O.7O/h;;;;10*1H2;;;;;;;/q+1;3*+3;;;;;;;;;;;;;;;;;/p-10. The Morgan fingerprint density at radius 3 is 0.667 bits per heavy atom. The van der Waals surface area contributed by atoms with Crippen LogP contribution in [0, 0.1) is 0 Å². The van der Waals surface area contributed by atoms with Crippen molar-refractivity contribution in [1.29, 1.82) is 0 Å². The Labute approximate surface area is 121 Å². The van der Waals surface area contributed by atoms with Gasteiger partial charge in [-0.05, 0) is 0 Å². The topological polar surface area (TPSA) is 298 Å². The van der Waals surface area contributed by atoms with E-state index in [0.29, 0.717) is 0 Å². The van der Waals surface area contributed by atoms with Crippen LogP contribution >= 0.6 is 0 Å². The van der Waals surface area contributed by atoms with Gasteiger partial charge in [0.2, 0.25) is 0 Å². The SMILES string of the molecule is [O]=[Mo]([OH])([OH])([OH])[O][Mo](=[O])([OH])([O][Mo](=[O])([OH])([OH])[OH])[O][Mo](=[O])([OH])([OH])[OH]. The Balaban J connectivity index is 6.30. The molecule has 10 N–H and O–H groups in total. The van der Waals surface area contributed by atoms with Gasteiger partial charge in [-0.15, -0.1) is 0 Å². The molecule has 0 amide bonds. The summed E-state index contributed by atoms with van der Waals surface area (Å²) >= 11 is -35.5. The Morgan fingerprint density at radius 2 is 0.571 bits per heavy atom. The van der Waals surface area contributed by atoms with Gasteiger partial charge in [0, 0.05) is 0 Å². The summed E-state index contributed by atoms with van der Waals surface area (Å²) in [5.41, 5.74) is 0. The third-order valence-corrected chi connectivity index (χ3v) is 24.4. The summed E-state index contributed by atoms with van der Waals surface area (Å²) in [6.45, 7) is 0. The van der Waals surface area contributed by atoms with Crippen molar-refractivity contribution in [3.05, 3.63) is 0 Å². The molecular weight excluding hydrogens is 656 g/mol. The molecule has 0 fully saturated rings. The molecule has 0 aromatic carbocycles. The van der Waals surface area contributed by atoms with Crippen LogP contribution in [0.3, 0.4) is 0 Å². The van der Waals surface area contributed by atoms with Crippen LogP contribution in [0.2, 0.25) is 0 Å². The fourth-order valence-electron chi connectivity index (χ4n) is 0.631. The van der Waals surface area contributed by atoms with E-state index in [0.717, 1.165) is 0 Å². The van der Waals surface area contributed by atoms with Crippen molar-refractivity contribution >= 4 is 0 Å². The third-order valence-electron chi connectivity index (χ3n) is 0.698. The van der Waals surface area contributed by atoms with E-state index in [1.54, 1.807) is 0 Å². The van der Waals surface area contributed by atoms with Crippen LogP contribution in [-0.4, -0.2) is 37.6 Å². The van der Waals surface area contributed by atoms with Crippen molar-refractivity contribution in [2.75, 3.05) is 0 Å². The van der Waals surface area contributed by atoms with Crippen molar-refractivity contribution < 1.29 is 122 Å². The molecule has 0 aliphatic carbocycles. The van der Waals surface area contributed by atoms with Crippen molar-refractivity contribution in [2.45, 2.75) is 0 Å². The Morgan fingerprint density at radius 1 is 0.429 bits per heavy atom. The summed E-state index contributed by atoms with van der Waals surface area (Å²) in [4.78, 5) is 0. The molecule has 21 heteroatoms. The van der Waals surface area contributed by atoms with E-state index in [1.165, 1.54) is 0 Å². The summed E-state index contributed by atoms with van der Waals surface area (Å²) in [7, 11) is 0. The summed E-state index contributed by atoms with van der Waals surface area (Å²) in [5, 5.41) is 0. The van der Waals surface area contributed by atoms with Gasteiger partial charge >= 0.3 is 122 Å². The second kappa shape index (κ2) is 4.53. The molecule has 0 saturated carbocycles. The summed E-state index contributed by atoms with van der Waals surface area (Å²) < 4.78 is 136. The second-order valence-corrected chi connectivity index (χ2v) is 24.8. The fraction of sp³-hybridized carbons (Fsp3) is 0. The molecule has 0 saturated heterocycles. The monoisotopic (exact) mass is 674 g/mol. The van der Waals surface area contributed by atoms with E-state index in [4.69, 9.17) is 37.6 Å². The maximum atomic E-state index is 11.5. The Kier molecular flexibility index (Phi) is 4.84. The number of hydrogen-bond donors (Lipinski definition) is 10. The van der Waals surface area contributed by atoms with E-state index in [9.17, 15) is 13.6 Å². The van der Waals surface area contributed by atoms with Crippen LogP contribution in [0.15, 0.2) is 0 Å². The van der Waals surface area contributed by atoms with Gasteiger partial charge in [0.15, 0.2) is 0 Å². The predicted octanol–water partition coefficient (Wildman–Crippen LogP) is -6.26. The van der Waals surface area contributed by atoms with Crippen LogP contribution < -0.4 is 0 Å². The number of hydrogen-bond acceptors (Lipinski definition) is 7. The van der Waals surface area contributed by atoms with Gasteiger partial charge < -0.3 is 0 Å².